The minimum Gasteiger partial charge on any atom is -0.353 e. The molecule has 0 aliphatic heterocycles. The fourth-order valence-electron chi connectivity index (χ4n) is 4.27. The molecule has 0 aromatic carbocycles. The van der Waals surface area contributed by atoms with Crippen LogP contribution in [0.3, 0.4) is 0 Å². The highest BCUT2D eigenvalue weighted by molar-refractivity contribution is 6.00. The van der Waals surface area contributed by atoms with Gasteiger partial charge in [-0.3, -0.25) is 25.0 Å². The average Bonchev–Trinajstić information content (AvgIpc) is 3.48. The lowest BCUT2D eigenvalue weighted by Gasteiger charge is -2.10. The molecule has 0 aliphatic carbocycles. The molecule has 0 spiro atoms. The molecular formula is C26H22N8. The van der Waals surface area contributed by atoms with Crippen LogP contribution in [0.1, 0.15) is 5.56 Å². The number of H-pyrrole nitrogens is 2. The molecule has 8 nitrogen and oxygen atoms in total. The predicted octanol–water partition coefficient (Wildman–Crippen LogP) is 4.69. The van der Waals surface area contributed by atoms with Crippen molar-refractivity contribution < 1.29 is 0 Å². The minimum atomic E-state index is 0.822. The summed E-state index contributed by atoms with van der Waals surface area (Å²) >= 11 is 0. The van der Waals surface area contributed by atoms with Crippen LogP contribution in [0.5, 0.6) is 0 Å². The molecule has 0 fully saturated rings. The lowest BCUT2D eigenvalue weighted by molar-refractivity contribution is 0.402. The van der Waals surface area contributed by atoms with Gasteiger partial charge in [-0.15, -0.1) is 0 Å². The lowest BCUT2D eigenvalue weighted by atomic mass is 10.1. The Morgan fingerprint density at radius 2 is 1.68 bits per heavy atom. The van der Waals surface area contributed by atoms with Crippen LogP contribution in [0.25, 0.3) is 55.7 Å². The van der Waals surface area contributed by atoms with E-state index in [1.165, 1.54) is 0 Å². The molecule has 6 rings (SSSR count). The molecule has 0 saturated heterocycles. The van der Waals surface area contributed by atoms with Gasteiger partial charge in [0, 0.05) is 64.9 Å². The van der Waals surface area contributed by atoms with Gasteiger partial charge in [-0.05, 0) is 56.1 Å². The Labute approximate surface area is 195 Å². The van der Waals surface area contributed by atoms with E-state index in [1.54, 1.807) is 6.20 Å². The summed E-state index contributed by atoms with van der Waals surface area (Å²) in [4.78, 5) is 23.6. The van der Waals surface area contributed by atoms with Gasteiger partial charge in [-0.1, -0.05) is 0 Å². The maximum absolute atomic E-state index is 4.65. The number of fused-ring (bicyclic) bond motifs is 2. The second kappa shape index (κ2) is 8.17. The molecule has 0 saturated carbocycles. The van der Waals surface area contributed by atoms with Gasteiger partial charge in [0.1, 0.15) is 5.69 Å². The van der Waals surface area contributed by atoms with Gasteiger partial charge in [-0.2, -0.15) is 5.10 Å². The first-order valence-corrected chi connectivity index (χ1v) is 11.0. The molecule has 6 aromatic heterocycles. The summed E-state index contributed by atoms with van der Waals surface area (Å²) in [5.74, 6) is 0. The van der Waals surface area contributed by atoms with Crippen molar-refractivity contribution in [3.63, 3.8) is 0 Å². The molecule has 8 heteroatoms. The molecule has 6 aromatic rings. The van der Waals surface area contributed by atoms with Crippen LogP contribution in [-0.4, -0.2) is 54.1 Å². The monoisotopic (exact) mass is 446 g/mol. The molecule has 0 atom stereocenters. The lowest BCUT2D eigenvalue weighted by Crippen LogP contribution is -2.10. The Bertz CT molecular complexity index is 1610. The van der Waals surface area contributed by atoms with Crippen LogP contribution in [0.4, 0.5) is 0 Å². The third-order valence-electron chi connectivity index (χ3n) is 5.77. The van der Waals surface area contributed by atoms with Gasteiger partial charge < -0.3 is 9.88 Å². The van der Waals surface area contributed by atoms with Gasteiger partial charge in [-0.25, -0.2) is 0 Å². The molecule has 0 aliphatic rings. The summed E-state index contributed by atoms with van der Waals surface area (Å²) in [6.45, 7) is 0.822. The second-order valence-corrected chi connectivity index (χ2v) is 8.55. The average molecular weight is 447 g/mol. The van der Waals surface area contributed by atoms with Crippen molar-refractivity contribution in [2.75, 3.05) is 14.1 Å². The van der Waals surface area contributed by atoms with E-state index in [9.17, 15) is 0 Å². The highest BCUT2D eigenvalue weighted by Crippen LogP contribution is 2.33. The Morgan fingerprint density at radius 3 is 2.53 bits per heavy atom. The number of hydrogen-bond acceptors (Lipinski definition) is 6. The number of nitrogens with zero attached hydrogens (tertiary/aromatic N) is 6. The third kappa shape index (κ3) is 3.60. The van der Waals surface area contributed by atoms with E-state index in [0.29, 0.717) is 0 Å². The van der Waals surface area contributed by atoms with Crippen molar-refractivity contribution in [2.24, 2.45) is 0 Å². The van der Waals surface area contributed by atoms with Gasteiger partial charge >= 0.3 is 0 Å². The largest absolute Gasteiger partial charge is 0.353 e. The van der Waals surface area contributed by atoms with E-state index in [-0.39, 0.29) is 0 Å². The van der Waals surface area contributed by atoms with E-state index in [2.05, 4.69) is 58.2 Å². The standard InChI is InChI=1S/C26H22N8/c1-34(2)15-16-8-18(13-28-11-16)22-9-20-24(14-30-22)32-33-26(20)23-10-19-21(31-23)5-7-29-25(19)17-4-3-6-27-12-17/h3-14,31H,15H2,1-2H3,(H,32,33). The number of nitrogens with one attached hydrogen (secondary N) is 2. The number of aromatic nitrogens is 7. The molecule has 0 amide bonds. The van der Waals surface area contributed by atoms with Crippen LogP contribution in [0, 0.1) is 0 Å². The zero-order chi connectivity index (χ0) is 23.1. The highest BCUT2D eigenvalue weighted by Gasteiger charge is 2.15. The van der Waals surface area contributed by atoms with Crippen molar-refractivity contribution in [1.82, 2.24) is 40.0 Å². The summed E-state index contributed by atoms with van der Waals surface area (Å²) in [7, 11) is 4.09. The van der Waals surface area contributed by atoms with Crippen LogP contribution in [0.2, 0.25) is 0 Å². The van der Waals surface area contributed by atoms with Crippen molar-refractivity contribution in [2.45, 2.75) is 6.54 Å². The number of rotatable bonds is 5. The minimum absolute atomic E-state index is 0.822. The topological polar surface area (TPSA) is 99.3 Å². The van der Waals surface area contributed by atoms with Gasteiger partial charge in [0.25, 0.3) is 0 Å². The summed E-state index contributed by atoms with van der Waals surface area (Å²) < 4.78 is 0. The highest BCUT2D eigenvalue weighted by atomic mass is 15.1. The van der Waals surface area contributed by atoms with Gasteiger partial charge in [0.2, 0.25) is 0 Å². The molecule has 0 bridgehead atoms. The fraction of sp³-hybridized carbons (Fsp3) is 0.115. The number of pyridine rings is 4. The smallest absolute Gasteiger partial charge is 0.116 e. The predicted molar refractivity (Wildman–Crippen MR) is 133 cm³/mol. The molecule has 6 heterocycles. The molecule has 166 valence electrons. The maximum Gasteiger partial charge on any atom is 0.116 e. The second-order valence-electron chi connectivity index (χ2n) is 8.55. The van der Waals surface area contributed by atoms with E-state index >= 15 is 0 Å². The Balaban J connectivity index is 1.45. The SMILES string of the molecule is CN(C)Cc1cncc(-c2cc3c(-c4cc5c(-c6cccnc6)nccc5[nH]4)n[nH]c3cn2)c1. The first-order chi connectivity index (χ1) is 16.7. The van der Waals surface area contributed by atoms with Crippen LogP contribution >= 0.6 is 0 Å². The first-order valence-electron chi connectivity index (χ1n) is 11.0. The summed E-state index contributed by atoms with van der Waals surface area (Å²) in [6, 6.07) is 12.2. The van der Waals surface area contributed by atoms with Crippen molar-refractivity contribution in [1.29, 1.82) is 0 Å². The first kappa shape index (κ1) is 20.2. The molecule has 2 N–H and O–H groups in total. The number of hydrogen-bond donors (Lipinski definition) is 2. The van der Waals surface area contributed by atoms with Crippen LogP contribution < -0.4 is 0 Å². The Kier molecular flexibility index (Phi) is 4.85. The normalized spacial score (nSPS) is 11.6. The summed E-state index contributed by atoms with van der Waals surface area (Å²) in [5, 5.41) is 9.73. The Hall–Kier alpha value is -4.43. The quantitative estimate of drug-likeness (QED) is 0.399. The number of aromatic amines is 2. The van der Waals surface area contributed by atoms with E-state index in [1.807, 2.05) is 63.3 Å². The summed E-state index contributed by atoms with van der Waals surface area (Å²) in [6.07, 6.45) is 11.0. The van der Waals surface area contributed by atoms with Crippen molar-refractivity contribution in [3.8, 4) is 33.9 Å². The zero-order valence-electron chi connectivity index (χ0n) is 18.8. The summed E-state index contributed by atoms with van der Waals surface area (Å²) in [5.41, 5.74) is 8.46. The third-order valence-corrected chi connectivity index (χ3v) is 5.77. The molecular weight excluding hydrogens is 424 g/mol. The van der Waals surface area contributed by atoms with Crippen LogP contribution in [0.15, 0.2) is 73.6 Å². The zero-order valence-corrected chi connectivity index (χ0v) is 18.8. The van der Waals surface area contributed by atoms with E-state index in [0.717, 1.165) is 67.8 Å². The van der Waals surface area contributed by atoms with Crippen molar-refractivity contribution in [3.05, 3.63) is 79.1 Å². The fourth-order valence-corrected chi connectivity index (χ4v) is 4.27. The maximum atomic E-state index is 4.65. The van der Waals surface area contributed by atoms with Gasteiger partial charge in [0.15, 0.2) is 0 Å². The molecule has 0 unspecified atom stereocenters. The van der Waals surface area contributed by atoms with E-state index < -0.39 is 0 Å². The van der Waals surface area contributed by atoms with Gasteiger partial charge in [0.05, 0.1) is 28.8 Å². The van der Waals surface area contributed by atoms with Crippen LogP contribution in [-0.2, 0) is 6.54 Å². The molecule has 34 heavy (non-hydrogen) atoms. The Morgan fingerprint density at radius 1 is 0.794 bits per heavy atom. The van der Waals surface area contributed by atoms with Crippen molar-refractivity contribution >= 4 is 21.8 Å². The molecule has 0 radical (unpaired) electrons. The van der Waals surface area contributed by atoms with E-state index in [4.69, 9.17) is 0 Å².